The largest absolute Gasteiger partial charge is 0.466 e. The highest BCUT2D eigenvalue weighted by Crippen LogP contribution is 2.21. The zero-order chi connectivity index (χ0) is 13.6. The number of nitrogens with zero attached hydrogens (tertiary/aromatic N) is 1. The Hall–Kier alpha value is -0.330. The van der Waals surface area contributed by atoms with Crippen molar-refractivity contribution < 1.29 is 17.9 Å². The first-order chi connectivity index (χ1) is 8.51. The van der Waals surface area contributed by atoms with E-state index in [1.807, 2.05) is 0 Å². The highest BCUT2D eigenvalue weighted by atomic mass is 35.5. The fourth-order valence-electron chi connectivity index (χ4n) is 2.01. The maximum Gasteiger partial charge on any atom is 0.310 e. The minimum Gasteiger partial charge on any atom is -0.466 e. The summed E-state index contributed by atoms with van der Waals surface area (Å²) in [5.74, 6) is -0.250. The van der Waals surface area contributed by atoms with Crippen LogP contribution >= 0.6 is 11.6 Å². The third-order valence-electron chi connectivity index (χ3n) is 2.93. The number of halogens is 1. The molecule has 0 spiro atoms. The Bertz CT molecular complexity index is 371. The molecule has 1 unspecified atom stereocenters. The summed E-state index contributed by atoms with van der Waals surface area (Å²) < 4.78 is 30.3. The van der Waals surface area contributed by atoms with E-state index < -0.39 is 10.0 Å². The van der Waals surface area contributed by atoms with Gasteiger partial charge in [0.15, 0.2) is 0 Å². The molecule has 0 aliphatic carbocycles. The number of sulfonamides is 1. The zero-order valence-electron chi connectivity index (χ0n) is 10.6. The summed E-state index contributed by atoms with van der Waals surface area (Å²) in [5.41, 5.74) is 0. The van der Waals surface area contributed by atoms with E-state index in [0.717, 1.165) is 0 Å². The number of piperidine rings is 1. The van der Waals surface area contributed by atoms with Crippen LogP contribution in [0.1, 0.15) is 26.2 Å². The molecule has 1 rings (SSSR count). The fourth-order valence-corrected chi connectivity index (χ4v) is 3.89. The second kappa shape index (κ2) is 7.31. The number of rotatable bonds is 6. The second-order valence-electron chi connectivity index (χ2n) is 4.31. The van der Waals surface area contributed by atoms with Crippen molar-refractivity contribution >= 4 is 27.6 Å². The molecule has 0 aromatic carbocycles. The minimum atomic E-state index is -3.29. The van der Waals surface area contributed by atoms with Crippen molar-refractivity contribution in [3.63, 3.8) is 0 Å². The summed E-state index contributed by atoms with van der Waals surface area (Å²) in [5, 5.41) is 0. The highest BCUT2D eigenvalue weighted by Gasteiger charge is 2.32. The summed E-state index contributed by atoms with van der Waals surface area (Å²) in [4.78, 5) is 11.6. The fraction of sp³-hybridized carbons (Fsp3) is 0.909. The number of hydrogen-bond acceptors (Lipinski definition) is 4. The Labute approximate surface area is 113 Å². The van der Waals surface area contributed by atoms with E-state index in [4.69, 9.17) is 16.3 Å². The van der Waals surface area contributed by atoms with E-state index in [1.54, 1.807) is 6.92 Å². The summed E-state index contributed by atoms with van der Waals surface area (Å²) >= 11 is 5.51. The first-order valence-electron chi connectivity index (χ1n) is 6.21. The average molecular weight is 298 g/mol. The third kappa shape index (κ3) is 4.40. The highest BCUT2D eigenvalue weighted by molar-refractivity contribution is 7.89. The van der Waals surface area contributed by atoms with Gasteiger partial charge in [-0.15, -0.1) is 11.6 Å². The van der Waals surface area contributed by atoms with Gasteiger partial charge in [0.05, 0.1) is 18.3 Å². The van der Waals surface area contributed by atoms with Crippen LogP contribution in [0.3, 0.4) is 0 Å². The lowest BCUT2D eigenvalue weighted by Gasteiger charge is -2.30. The third-order valence-corrected chi connectivity index (χ3v) is 5.12. The van der Waals surface area contributed by atoms with E-state index in [9.17, 15) is 13.2 Å². The summed E-state index contributed by atoms with van der Waals surface area (Å²) in [7, 11) is -3.29. The van der Waals surface area contributed by atoms with Crippen molar-refractivity contribution in [3.05, 3.63) is 0 Å². The Kier molecular flexibility index (Phi) is 6.38. The molecule has 1 fully saturated rings. The van der Waals surface area contributed by atoms with Crippen LogP contribution in [0.4, 0.5) is 0 Å². The Morgan fingerprint density at radius 2 is 2.22 bits per heavy atom. The molecule has 1 heterocycles. The first kappa shape index (κ1) is 15.7. The Morgan fingerprint density at radius 1 is 1.50 bits per heavy atom. The second-order valence-corrected chi connectivity index (χ2v) is 6.77. The number of carbonyl (C=O) groups is 1. The molecule has 1 saturated heterocycles. The first-order valence-corrected chi connectivity index (χ1v) is 8.36. The van der Waals surface area contributed by atoms with Crippen molar-refractivity contribution in [1.29, 1.82) is 0 Å². The molecule has 1 atom stereocenters. The van der Waals surface area contributed by atoms with Crippen LogP contribution in [-0.2, 0) is 19.6 Å². The molecule has 1 aliphatic heterocycles. The lowest BCUT2D eigenvalue weighted by atomic mass is 10.0. The molecule has 5 nitrogen and oxygen atoms in total. The van der Waals surface area contributed by atoms with Gasteiger partial charge in [0.2, 0.25) is 10.0 Å². The standard InChI is InChI=1S/C11H20ClNO4S/c1-2-17-11(14)10-5-3-7-13(9-10)18(15,16)8-4-6-12/h10H,2-9H2,1H3. The minimum absolute atomic E-state index is 0.0477. The van der Waals surface area contributed by atoms with Gasteiger partial charge in [-0.3, -0.25) is 4.79 Å². The molecule has 7 heteroatoms. The lowest BCUT2D eigenvalue weighted by molar-refractivity contribution is -0.149. The van der Waals surface area contributed by atoms with E-state index in [2.05, 4.69) is 0 Å². The van der Waals surface area contributed by atoms with Crippen molar-refractivity contribution in [2.75, 3.05) is 31.3 Å². The van der Waals surface area contributed by atoms with Crippen LogP contribution in [-0.4, -0.2) is 50.0 Å². The van der Waals surface area contributed by atoms with Gasteiger partial charge in [-0.05, 0) is 26.2 Å². The van der Waals surface area contributed by atoms with Crippen molar-refractivity contribution in [2.45, 2.75) is 26.2 Å². The van der Waals surface area contributed by atoms with Crippen LogP contribution in [0.5, 0.6) is 0 Å². The maximum atomic E-state index is 12.0. The molecule has 0 aromatic rings. The Morgan fingerprint density at radius 3 is 2.83 bits per heavy atom. The molecule has 0 radical (unpaired) electrons. The van der Waals surface area contributed by atoms with Gasteiger partial charge in [0, 0.05) is 19.0 Å². The van der Waals surface area contributed by atoms with Crippen LogP contribution in [0.15, 0.2) is 0 Å². The van der Waals surface area contributed by atoms with E-state index in [1.165, 1.54) is 4.31 Å². The van der Waals surface area contributed by atoms with Crippen LogP contribution in [0.2, 0.25) is 0 Å². The topological polar surface area (TPSA) is 63.7 Å². The molecule has 0 N–H and O–H groups in total. The maximum absolute atomic E-state index is 12.0. The monoisotopic (exact) mass is 297 g/mol. The SMILES string of the molecule is CCOC(=O)C1CCCN(S(=O)(=O)CCCCl)C1. The van der Waals surface area contributed by atoms with E-state index >= 15 is 0 Å². The predicted octanol–water partition coefficient (Wildman–Crippen LogP) is 1.22. The molecule has 0 bridgehead atoms. The van der Waals surface area contributed by atoms with Gasteiger partial charge in [-0.1, -0.05) is 0 Å². The normalized spacial score (nSPS) is 21.8. The molecule has 0 saturated carbocycles. The average Bonchev–Trinajstić information content (AvgIpc) is 2.37. The van der Waals surface area contributed by atoms with Crippen molar-refractivity contribution in [1.82, 2.24) is 4.31 Å². The molecule has 106 valence electrons. The number of esters is 1. The molecule has 1 aliphatic rings. The van der Waals surface area contributed by atoms with Crippen molar-refractivity contribution in [3.8, 4) is 0 Å². The Balaban J connectivity index is 2.60. The smallest absolute Gasteiger partial charge is 0.310 e. The van der Waals surface area contributed by atoms with Crippen LogP contribution < -0.4 is 0 Å². The molecular weight excluding hydrogens is 278 g/mol. The molecular formula is C11H20ClNO4S. The molecule has 0 amide bonds. The number of carbonyl (C=O) groups excluding carboxylic acids is 1. The molecule has 18 heavy (non-hydrogen) atoms. The van der Waals surface area contributed by atoms with Crippen LogP contribution in [0.25, 0.3) is 0 Å². The lowest BCUT2D eigenvalue weighted by Crippen LogP contribution is -2.43. The number of hydrogen-bond donors (Lipinski definition) is 0. The predicted molar refractivity (Wildman–Crippen MR) is 70.1 cm³/mol. The van der Waals surface area contributed by atoms with E-state index in [-0.39, 0.29) is 24.2 Å². The summed E-state index contributed by atoms with van der Waals surface area (Å²) in [6, 6.07) is 0. The summed E-state index contributed by atoms with van der Waals surface area (Å²) in [6.45, 7) is 2.80. The van der Waals surface area contributed by atoms with Gasteiger partial charge in [0.25, 0.3) is 0 Å². The summed E-state index contributed by atoms with van der Waals surface area (Å²) in [6.07, 6.45) is 1.83. The number of ether oxygens (including phenoxy) is 1. The van der Waals surface area contributed by atoms with Gasteiger partial charge in [0.1, 0.15) is 0 Å². The zero-order valence-corrected chi connectivity index (χ0v) is 12.2. The van der Waals surface area contributed by atoms with Gasteiger partial charge in [-0.25, -0.2) is 12.7 Å². The number of alkyl halides is 1. The van der Waals surface area contributed by atoms with Crippen molar-refractivity contribution in [2.24, 2.45) is 5.92 Å². The quantitative estimate of drug-likeness (QED) is 0.546. The van der Waals surface area contributed by atoms with Crippen LogP contribution in [0, 0.1) is 5.92 Å². The molecule has 0 aromatic heterocycles. The van der Waals surface area contributed by atoms with E-state index in [0.29, 0.717) is 38.3 Å². The van der Waals surface area contributed by atoms with Gasteiger partial charge >= 0.3 is 5.97 Å². The van der Waals surface area contributed by atoms with Gasteiger partial charge in [-0.2, -0.15) is 0 Å². The van der Waals surface area contributed by atoms with Gasteiger partial charge < -0.3 is 4.74 Å².